The molecule has 1 aromatic rings. The van der Waals surface area contributed by atoms with Crippen molar-refractivity contribution in [3.05, 3.63) is 34.2 Å². The van der Waals surface area contributed by atoms with E-state index in [1.807, 2.05) is 6.92 Å². The molecule has 6 heteroatoms. The van der Waals surface area contributed by atoms with Gasteiger partial charge in [-0.15, -0.1) is 0 Å². The molecule has 1 saturated heterocycles. The summed E-state index contributed by atoms with van der Waals surface area (Å²) in [5.74, 6) is -0.158. The van der Waals surface area contributed by atoms with Gasteiger partial charge < -0.3 is 20.4 Å². The number of ether oxygens (including phenoxy) is 1. The summed E-state index contributed by atoms with van der Waals surface area (Å²) < 4.78 is 5.59. The highest BCUT2D eigenvalue weighted by atomic mass is 16.5. The van der Waals surface area contributed by atoms with Gasteiger partial charge in [0.15, 0.2) is 0 Å². The van der Waals surface area contributed by atoms with Crippen LogP contribution < -0.4 is 11.3 Å². The van der Waals surface area contributed by atoms with E-state index in [2.05, 4.69) is 4.98 Å². The minimum Gasteiger partial charge on any atom is -0.370 e. The van der Waals surface area contributed by atoms with Crippen LogP contribution in [0.5, 0.6) is 0 Å². The van der Waals surface area contributed by atoms with Crippen LogP contribution in [0.1, 0.15) is 17.3 Å². The Morgan fingerprint density at radius 3 is 3.06 bits per heavy atom. The average Bonchev–Trinajstić information content (AvgIpc) is 2.37. The zero-order valence-corrected chi connectivity index (χ0v) is 10.3. The van der Waals surface area contributed by atoms with Crippen LogP contribution in [-0.4, -0.2) is 47.6 Å². The fourth-order valence-electron chi connectivity index (χ4n) is 2.10. The maximum atomic E-state index is 12.2. The van der Waals surface area contributed by atoms with E-state index in [-0.39, 0.29) is 23.7 Å². The molecule has 1 aliphatic heterocycles. The van der Waals surface area contributed by atoms with Crippen molar-refractivity contribution in [3.63, 3.8) is 0 Å². The van der Waals surface area contributed by atoms with Gasteiger partial charge in [0.2, 0.25) is 5.56 Å². The predicted molar refractivity (Wildman–Crippen MR) is 66.4 cm³/mol. The third-order valence-corrected chi connectivity index (χ3v) is 2.90. The molecule has 3 N–H and O–H groups in total. The molecule has 0 spiro atoms. The van der Waals surface area contributed by atoms with Crippen molar-refractivity contribution < 1.29 is 9.53 Å². The Kier molecular flexibility index (Phi) is 3.78. The maximum absolute atomic E-state index is 12.2. The second kappa shape index (κ2) is 5.32. The van der Waals surface area contributed by atoms with Crippen LogP contribution in [0, 0.1) is 0 Å². The van der Waals surface area contributed by atoms with Gasteiger partial charge in [-0.2, -0.15) is 0 Å². The monoisotopic (exact) mass is 251 g/mol. The second-order valence-corrected chi connectivity index (χ2v) is 4.46. The van der Waals surface area contributed by atoms with Crippen molar-refractivity contribution in [2.45, 2.75) is 19.1 Å². The molecule has 0 bridgehead atoms. The first-order chi connectivity index (χ1) is 8.60. The molecule has 1 amide bonds. The molecule has 0 aromatic carbocycles. The van der Waals surface area contributed by atoms with E-state index >= 15 is 0 Å². The van der Waals surface area contributed by atoms with Crippen molar-refractivity contribution in [1.82, 2.24) is 9.88 Å². The average molecular weight is 251 g/mol. The Morgan fingerprint density at radius 2 is 2.39 bits per heavy atom. The number of rotatable bonds is 2. The van der Waals surface area contributed by atoms with Gasteiger partial charge in [0, 0.05) is 37.5 Å². The van der Waals surface area contributed by atoms with Gasteiger partial charge in [-0.05, 0) is 13.0 Å². The van der Waals surface area contributed by atoms with Crippen molar-refractivity contribution >= 4 is 5.91 Å². The summed E-state index contributed by atoms with van der Waals surface area (Å²) in [7, 11) is 0. The van der Waals surface area contributed by atoms with Crippen LogP contribution in [0.2, 0.25) is 0 Å². The van der Waals surface area contributed by atoms with Gasteiger partial charge in [0.1, 0.15) is 0 Å². The van der Waals surface area contributed by atoms with Crippen molar-refractivity contribution in [1.29, 1.82) is 0 Å². The molecule has 1 aliphatic rings. The van der Waals surface area contributed by atoms with Crippen molar-refractivity contribution in [2.24, 2.45) is 5.73 Å². The molecule has 2 atom stereocenters. The van der Waals surface area contributed by atoms with Gasteiger partial charge >= 0.3 is 0 Å². The molecular weight excluding hydrogens is 234 g/mol. The van der Waals surface area contributed by atoms with Crippen LogP contribution in [0.15, 0.2) is 23.1 Å². The highest BCUT2D eigenvalue weighted by Crippen LogP contribution is 2.13. The van der Waals surface area contributed by atoms with Crippen molar-refractivity contribution in [3.8, 4) is 0 Å². The number of amides is 1. The quantitative estimate of drug-likeness (QED) is 0.746. The van der Waals surface area contributed by atoms with Gasteiger partial charge in [-0.1, -0.05) is 0 Å². The molecule has 2 rings (SSSR count). The third kappa shape index (κ3) is 2.77. The Balaban J connectivity index is 2.15. The van der Waals surface area contributed by atoms with E-state index in [1.165, 1.54) is 12.3 Å². The van der Waals surface area contributed by atoms with E-state index in [1.54, 1.807) is 11.0 Å². The highest BCUT2D eigenvalue weighted by Gasteiger charge is 2.28. The van der Waals surface area contributed by atoms with Crippen LogP contribution in [0.4, 0.5) is 0 Å². The smallest absolute Gasteiger partial charge is 0.254 e. The normalized spacial score (nSPS) is 24.0. The predicted octanol–water partition coefficient (Wildman–Crippen LogP) is -0.437. The lowest BCUT2D eigenvalue weighted by atomic mass is 10.1. The molecule has 98 valence electrons. The zero-order chi connectivity index (χ0) is 13.1. The summed E-state index contributed by atoms with van der Waals surface area (Å²) in [5, 5.41) is 0. The summed E-state index contributed by atoms with van der Waals surface area (Å²) in [4.78, 5) is 27.6. The first-order valence-corrected chi connectivity index (χ1v) is 5.93. The number of nitrogens with zero attached hydrogens (tertiary/aromatic N) is 1. The third-order valence-electron chi connectivity index (χ3n) is 2.90. The Bertz CT molecular complexity index is 485. The lowest BCUT2D eigenvalue weighted by Gasteiger charge is -2.36. The molecule has 0 aliphatic carbocycles. The van der Waals surface area contributed by atoms with Crippen LogP contribution in [0.25, 0.3) is 0 Å². The molecule has 2 unspecified atom stereocenters. The van der Waals surface area contributed by atoms with E-state index < -0.39 is 0 Å². The first kappa shape index (κ1) is 12.8. The fraction of sp³-hybridized carbons (Fsp3) is 0.500. The van der Waals surface area contributed by atoms with Crippen LogP contribution in [0.3, 0.4) is 0 Å². The number of carbonyl (C=O) groups excluding carboxylic acids is 1. The number of pyridine rings is 1. The molecule has 1 fully saturated rings. The number of hydrogen-bond acceptors (Lipinski definition) is 4. The van der Waals surface area contributed by atoms with E-state index in [9.17, 15) is 9.59 Å². The number of nitrogens with one attached hydrogen (secondary N) is 1. The molecule has 18 heavy (non-hydrogen) atoms. The fourth-order valence-corrected chi connectivity index (χ4v) is 2.10. The number of carbonyl (C=O) groups is 1. The minimum absolute atomic E-state index is 0.0433. The van der Waals surface area contributed by atoms with Gasteiger partial charge in [-0.3, -0.25) is 9.59 Å². The number of nitrogens with two attached hydrogens (primary N) is 1. The number of aromatic amines is 1. The summed E-state index contributed by atoms with van der Waals surface area (Å²) in [6, 6.07) is 2.90. The Morgan fingerprint density at radius 1 is 1.61 bits per heavy atom. The molecule has 0 saturated carbocycles. The number of morpholine rings is 1. The van der Waals surface area contributed by atoms with Crippen molar-refractivity contribution in [2.75, 3.05) is 19.6 Å². The molecule has 2 heterocycles. The minimum atomic E-state index is -0.280. The number of aromatic nitrogens is 1. The van der Waals surface area contributed by atoms with Crippen LogP contribution in [-0.2, 0) is 4.74 Å². The lowest BCUT2D eigenvalue weighted by molar-refractivity contribution is -0.0625. The first-order valence-electron chi connectivity index (χ1n) is 5.93. The van der Waals surface area contributed by atoms with Crippen LogP contribution >= 0.6 is 0 Å². The number of H-pyrrole nitrogens is 1. The topological polar surface area (TPSA) is 88.4 Å². The van der Waals surface area contributed by atoms with E-state index in [4.69, 9.17) is 10.5 Å². The maximum Gasteiger partial charge on any atom is 0.254 e. The molecule has 6 nitrogen and oxygen atoms in total. The van der Waals surface area contributed by atoms with Gasteiger partial charge in [0.25, 0.3) is 5.91 Å². The Labute approximate surface area is 105 Å². The highest BCUT2D eigenvalue weighted by molar-refractivity contribution is 5.94. The van der Waals surface area contributed by atoms with E-state index in [0.29, 0.717) is 25.2 Å². The SMILES string of the molecule is CC1CN(C(=O)c2cc[nH]c(=O)c2)CC(CN)O1. The standard InChI is InChI=1S/C12H17N3O3/c1-8-6-15(7-10(5-13)18-8)12(17)9-2-3-14-11(16)4-9/h2-4,8,10H,5-7,13H2,1H3,(H,14,16). The summed E-state index contributed by atoms with van der Waals surface area (Å²) in [6.07, 6.45) is 1.29. The second-order valence-electron chi connectivity index (χ2n) is 4.46. The number of hydrogen-bond donors (Lipinski definition) is 2. The summed E-state index contributed by atoms with van der Waals surface area (Å²) in [6.45, 7) is 3.26. The Hall–Kier alpha value is -1.66. The molecule has 1 aromatic heterocycles. The zero-order valence-electron chi connectivity index (χ0n) is 10.3. The molecular formula is C12H17N3O3. The summed E-state index contributed by atoms with van der Waals surface area (Å²) in [5.41, 5.74) is 5.68. The van der Waals surface area contributed by atoms with Gasteiger partial charge in [0.05, 0.1) is 12.2 Å². The molecule has 0 radical (unpaired) electrons. The largest absolute Gasteiger partial charge is 0.370 e. The van der Waals surface area contributed by atoms with Gasteiger partial charge in [-0.25, -0.2) is 0 Å². The summed E-state index contributed by atoms with van der Waals surface area (Å²) >= 11 is 0. The lowest BCUT2D eigenvalue weighted by Crippen LogP contribution is -2.51. The van der Waals surface area contributed by atoms with E-state index in [0.717, 1.165) is 0 Å².